The summed E-state index contributed by atoms with van der Waals surface area (Å²) in [5, 5.41) is 3.87. The average molecular weight is 349 g/mol. The molecule has 16 heavy (non-hydrogen) atoms. The fourth-order valence-electron chi connectivity index (χ4n) is 1.42. The summed E-state index contributed by atoms with van der Waals surface area (Å²) in [5.41, 5.74) is 1.72. The minimum absolute atomic E-state index is 0.00144. The van der Waals surface area contributed by atoms with E-state index in [1.165, 1.54) is 0 Å². The summed E-state index contributed by atoms with van der Waals surface area (Å²) < 4.78 is 0.995. The molecule has 0 bridgehead atoms. The first-order chi connectivity index (χ1) is 7.54. The quantitative estimate of drug-likeness (QED) is 0.826. The second kappa shape index (κ2) is 6.40. The van der Waals surface area contributed by atoms with Crippen LogP contribution in [0.3, 0.4) is 0 Å². The average Bonchev–Trinajstić information content (AvgIpc) is 2.17. The summed E-state index contributed by atoms with van der Waals surface area (Å²) in [4.78, 5) is 11.9. The van der Waals surface area contributed by atoms with Crippen LogP contribution in [-0.4, -0.2) is 17.3 Å². The van der Waals surface area contributed by atoms with Crippen LogP contribution in [0.25, 0.3) is 0 Å². The van der Waals surface area contributed by atoms with Gasteiger partial charge in [0.15, 0.2) is 0 Å². The number of carbonyl (C=O) groups excluding carboxylic acids is 1. The van der Waals surface area contributed by atoms with Gasteiger partial charge in [-0.3, -0.25) is 4.79 Å². The molecule has 0 aliphatic heterocycles. The summed E-state index contributed by atoms with van der Waals surface area (Å²) in [6.45, 7) is 3.95. The summed E-state index contributed by atoms with van der Waals surface area (Å²) in [5.74, 6) is -0.00144. The number of amides is 1. The number of benzene rings is 1. The zero-order valence-electron chi connectivity index (χ0n) is 9.39. The Morgan fingerprint density at radius 3 is 2.75 bits per heavy atom. The van der Waals surface area contributed by atoms with E-state index < -0.39 is 0 Å². The standard InChI is InChI=1S/C12H15Br2NO/c1-8-7-10(14)3-4-11(8)12(16)15-9(2)5-6-13/h3-4,7,9H,5-6H2,1-2H3,(H,15,16). The van der Waals surface area contributed by atoms with Crippen molar-refractivity contribution < 1.29 is 4.79 Å². The van der Waals surface area contributed by atoms with Crippen LogP contribution in [-0.2, 0) is 0 Å². The van der Waals surface area contributed by atoms with Gasteiger partial charge in [-0.1, -0.05) is 31.9 Å². The smallest absolute Gasteiger partial charge is 0.251 e. The fourth-order valence-corrected chi connectivity index (χ4v) is 2.58. The lowest BCUT2D eigenvalue weighted by Gasteiger charge is -2.13. The van der Waals surface area contributed by atoms with Crippen molar-refractivity contribution in [2.24, 2.45) is 0 Å². The maximum Gasteiger partial charge on any atom is 0.251 e. The minimum Gasteiger partial charge on any atom is -0.350 e. The van der Waals surface area contributed by atoms with E-state index in [4.69, 9.17) is 0 Å². The van der Waals surface area contributed by atoms with Gasteiger partial charge in [0.25, 0.3) is 5.91 Å². The van der Waals surface area contributed by atoms with Crippen LogP contribution in [0.4, 0.5) is 0 Å². The second-order valence-electron chi connectivity index (χ2n) is 3.81. The fraction of sp³-hybridized carbons (Fsp3) is 0.417. The first-order valence-corrected chi connectivity index (χ1v) is 7.09. The van der Waals surface area contributed by atoms with Gasteiger partial charge in [0, 0.05) is 21.4 Å². The van der Waals surface area contributed by atoms with Gasteiger partial charge in [-0.05, 0) is 44.0 Å². The number of aryl methyl sites for hydroxylation is 1. The molecule has 1 unspecified atom stereocenters. The molecule has 1 atom stereocenters. The number of carbonyl (C=O) groups is 1. The lowest BCUT2D eigenvalue weighted by molar-refractivity contribution is 0.0939. The highest BCUT2D eigenvalue weighted by Gasteiger charge is 2.11. The third-order valence-electron chi connectivity index (χ3n) is 2.35. The van der Waals surface area contributed by atoms with E-state index in [1.807, 2.05) is 32.0 Å². The molecule has 0 saturated carbocycles. The highest BCUT2D eigenvalue weighted by molar-refractivity contribution is 9.10. The molecule has 1 rings (SSSR count). The Balaban J connectivity index is 2.73. The Morgan fingerprint density at radius 2 is 2.19 bits per heavy atom. The molecule has 0 aliphatic rings. The van der Waals surface area contributed by atoms with Crippen molar-refractivity contribution in [1.29, 1.82) is 0 Å². The number of hydrogen-bond acceptors (Lipinski definition) is 1. The van der Waals surface area contributed by atoms with Crippen LogP contribution in [0, 0.1) is 6.92 Å². The van der Waals surface area contributed by atoms with Crippen LogP contribution < -0.4 is 5.32 Å². The zero-order chi connectivity index (χ0) is 12.1. The van der Waals surface area contributed by atoms with Gasteiger partial charge in [0.1, 0.15) is 0 Å². The molecule has 0 spiro atoms. The number of alkyl halides is 1. The molecular formula is C12H15Br2NO. The molecule has 0 heterocycles. The number of rotatable bonds is 4. The molecule has 0 aromatic heterocycles. The first kappa shape index (κ1) is 13.7. The number of hydrogen-bond donors (Lipinski definition) is 1. The van der Waals surface area contributed by atoms with Gasteiger partial charge in [-0.2, -0.15) is 0 Å². The van der Waals surface area contributed by atoms with Gasteiger partial charge in [0.05, 0.1) is 0 Å². The van der Waals surface area contributed by atoms with E-state index in [-0.39, 0.29) is 11.9 Å². The van der Waals surface area contributed by atoms with Crippen molar-refractivity contribution in [3.63, 3.8) is 0 Å². The molecule has 1 aromatic carbocycles. The van der Waals surface area contributed by atoms with Crippen LogP contribution in [0.1, 0.15) is 29.3 Å². The zero-order valence-corrected chi connectivity index (χ0v) is 12.6. The minimum atomic E-state index is -0.00144. The van der Waals surface area contributed by atoms with Crippen LogP contribution in [0.2, 0.25) is 0 Å². The monoisotopic (exact) mass is 347 g/mol. The third kappa shape index (κ3) is 3.91. The highest BCUT2D eigenvalue weighted by Crippen LogP contribution is 2.16. The van der Waals surface area contributed by atoms with Crippen molar-refractivity contribution in [3.05, 3.63) is 33.8 Å². The van der Waals surface area contributed by atoms with Crippen LogP contribution in [0.15, 0.2) is 22.7 Å². The Kier molecular flexibility index (Phi) is 5.49. The number of nitrogens with one attached hydrogen (secondary N) is 1. The van der Waals surface area contributed by atoms with Crippen molar-refractivity contribution in [3.8, 4) is 0 Å². The van der Waals surface area contributed by atoms with E-state index in [9.17, 15) is 4.79 Å². The predicted molar refractivity (Wildman–Crippen MR) is 74.2 cm³/mol. The number of halogens is 2. The molecule has 0 radical (unpaired) electrons. The molecule has 0 fully saturated rings. The molecule has 88 valence electrons. The molecule has 0 aliphatic carbocycles. The van der Waals surface area contributed by atoms with Crippen LogP contribution in [0.5, 0.6) is 0 Å². The Labute approximate surface area is 113 Å². The van der Waals surface area contributed by atoms with Crippen molar-refractivity contribution >= 4 is 37.8 Å². The van der Waals surface area contributed by atoms with Crippen molar-refractivity contribution in [1.82, 2.24) is 5.32 Å². The van der Waals surface area contributed by atoms with Gasteiger partial charge < -0.3 is 5.32 Å². The van der Waals surface area contributed by atoms with E-state index in [0.717, 1.165) is 27.4 Å². The Bertz CT molecular complexity index is 379. The maximum atomic E-state index is 11.9. The van der Waals surface area contributed by atoms with Gasteiger partial charge in [-0.15, -0.1) is 0 Å². The normalized spacial score (nSPS) is 12.2. The molecule has 1 N–H and O–H groups in total. The lowest BCUT2D eigenvalue weighted by Crippen LogP contribution is -2.33. The van der Waals surface area contributed by atoms with E-state index in [1.54, 1.807) is 0 Å². The summed E-state index contributed by atoms with van der Waals surface area (Å²) in [6.07, 6.45) is 0.932. The van der Waals surface area contributed by atoms with Gasteiger partial charge >= 0.3 is 0 Å². The Hall–Kier alpha value is -0.350. The second-order valence-corrected chi connectivity index (χ2v) is 5.52. The van der Waals surface area contributed by atoms with E-state index >= 15 is 0 Å². The van der Waals surface area contributed by atoms with E-state index in [2.05, 4.69) is 37.2 Å². The summed E-state index contributed by atoms with van der Waals surface area (Å²) in [6, 6.07) is 5.87. The Morgan fingerprint density at radius 1 is 1.50 bits per heavy atom. The first-order valence-electron chi connectivity index (χ1n) is 5.17. The molecular weight excluding hydrogens is 334 g/mol. The van der Waals surface area contributed by atoms with Gasteiger partial charge in [0.2, 0.25) is 0 Å². The SMILES string of the molecule is Cc1cc(Br)ccc1C(=O)NC(C)CCBr. The highest BCUT2D eigenvalue weighted by atomic mass is 79.9. The van der Waals surface area contributed by atoms with Gasteiger partial charge in [-0.25, -0.2) is 0 Å². The summed E-state index contributed by atoms with van der Waals surface area (Å²) >= 11 is 6.75. The van der Waals surface area contributed by atoms with Crippen molar-refractivity contribution in [2.45, 2.75) is 26.3 Å². The molecule has 1 amide bonds. The molecule has 2 nitrogen and oxygen atoms in total. The topological polar surface area (TPSA) is 29.1 Å². The molecule has 0 saturated heterocycles. The largest absolute Gasteiger partial charge is 0.350 e. The van der Waals surface area contributed by atoms with Crippen LogP contribution >= 0.6 is 31.9 Å². The summed E-state index contributed by atoms with van der Waals surface area (Å²) in [7, 11) is 0. The third-order valence-corrected chi connectivity index (χ3v) is 3.30. The predicted octanol–water partition coefficient (Wildman–Crippen LogP) is 3.66. The maximum absolute atomic E-state index is 11.9. The molecule has 4 heteroatoms. The lowest BCUT2D eigenvalue weighted by atomic mass is 10.1. The van der Waals surface area contributed by atoms with E-state index in [0.29, 0.717) is 0 Å². The van der Waals surface area contributed by atoms with Crippen molar-refractivity contribution in [2.75, 3.05) is 5.33 Å². The molecule has 1 aromatic rings.